The Morgan fingerprint density at radius 3 is 2.67 bits per heavy atom. The van der Waals surface area contributed by atoms with E-state index in [1.54, 1.807) is 29.8 Å². The molecule has 0 spiro atoms. The largest absolute Gasteiger partial charge is 0.339 e. The number of nitrogens with one attached hydrogen (secondary N) is 1. The highest BCUT2D eigenvalue weighted by atomic mass is 79.9. The van der Waals surface area contributed by atoms with Gasteiger partial charge in [0.2, 0.25) is 0 Å². The van der Waals surface area contributed by atoms with Crippen molar-refractivity contribution in [2.24, 2.45) is 0 Å². The number of benzene rings is 1. The molecule has 0 aliphatic rings. The third-order valence-corrected chi connectivity index (χ3v) is 3.93. The van der Waals surface area contributed by atoms with Crippen molar-refractivity contribution in [3.05, 3.63) is 51.0 Å². The summed E-state index contributed by atoms with van der Waals surface area (Å²) in [5, 5.41) is 3.29. The second-order valence-electron chi connectivity index (χ2n) is 5.08. The zero-order valence-corrected chi connectivity index (χ0v) is 14.2. The molecule has 1 heterocycles. The van der Waals surface area contributed by atoms with Crippen molar-refractivity contribution in [3.8, 4) is 0 Å². The third-order valence-electron chi connectivity index (χ3n) is 3.12. The minimum absolute atomic E-state index is 0.110. The van der Waals surface area contributed by atoms with Crippen LogP contribution < -0.4 is 5.32 Å². The summed E-state index contributed by atoms with van der Waals surface area (Å²) in [6.07, 6.45) is 1.72. The molecule has 0 bridgehead atoms. The van der Waals surface area contributed by atoms with Crippen LogP contribution in [0.4, 0.5) is 10.1 Å². The summed E-state index contributed by atoms with van der Waals surface area (Å²) in [7, 11) is 0. The minimum Gasteiger partial charge on any atom is -0.339 e. The third kappa shape index (κ3) is 3.47. The zero-order chi connectivity index (χ0) is 15.7. The molecule has 6 heteroatoms. The lowest BCUT2D eigenvalue weighted by atomic mass is 10.2. The van der Waals surface area contributed by atoms with E-state index in [-0.39, 0.29) is 17.8 Å². The number of hydrogen-bond donors (Lipinski definition) is 1. The van der Waals surface area contributed by atoms with Crippen LogP contribution in [0.25, 0.3) is 0 Å². The van der Waals surface area contributed by atoms with Crippen molar-refractivity contribution in [1.29, 1.82) is 0 Å². The van der Waals surface area contributed by atoms with Gasteiger partial charge in [0, 0.05) is 17.9 Å². The SMILES string of the molecule is Cc1cc(F)c(Br)cc1NC(=O)c1cc(Cl)cn1C(C)C. The topological polar surface area (TPSA) is 34.0 Å². The molecule has 1 aromatic heterocycles. The first-order valence-electron chi connectivity index (χ1n) is 6.44. The van der Waals surface area contributed by atoms with Crippen molar-refractivity contribution in [2.45, 2.75) is 26.8 Å². The fourth-order valence-corrected chi connectivity index (χ4v) is 2.57. The first-order chi connectivity index (χ1) is 9.79. The van der Waals surface area contributed by atoms with E-state index in [2.05, 4.69) is 21.2 Å². The molecule has 1 aromatic carbocycles. The second-order valence-corrected chi connectivity index (χ2v) is 6.37. The van der Waals surface area contributed by atoms with Gasteiger partial charge in [0.25, 0.3) is 5.91 Å². The van der Waals surface area contributed by atoms with Crippen molar-refractivity contribution in [1.82, 2.24) is 4.57 Å². The van der Waals surface area contributed by atoms with Crippen LogP contribution in [0.1, 0.15) is 35.9 Å². The Morgan fingerprint density at radius 1 is 1.38 bits per heavy atom. The maximum atomic E-state index is 13.4. The average molecular weight is 374 g/mol. The molecule has 1 amide bonds. The highest BCUT2D eigenvalue weighted by molar-refractivity contribution is 9.10. The van der Waals surface area contributed by atoms with E-state index >= 15 is 0 Å². The first-order valence-corrected chi connectivity index (χ1v) is 7.61. The summed E-state index contributed by atoms with van der Waals surface area (Å²) in [6.45, 7) is 5.67. The van der Waals surface area contributed by atoms with Gasteiger partial charge in [0.15, 0.2) is 0 Å². The van der Waals surface area contributed by atoms with E-state index in [0.29, 0.717) is 26.4 Å². The fraction of sp³-hybridized carbons (Fsp3) is 0.267. The standard InChI is InChI=1S/C15H15BrClFN2O/c1-8(2)20-7-10(17)5-14(20)15(21)19-13-6-11(16)12(18)4-9(13)3/h4-8H,1-3H3,(H,19,21). The molecule has 21 heavy (non-hydrogen) atoms. The summed E-state index contributed by atoms with van der Waals surface area (Å²) in [4.78, 5) is 12.4. The van der Waals surface area contributed by atoms with Gasteiger partial charge >= 0.3 is 0 Å². The highest BCUT2D eigenvalue weighted by Crippen LogP contribution is 2.26. The molecule has 112 valence electrons. The van der Waals surface area contributed by atoms with E-state index < -0.39 is 0 Å². The predicted molar refractivity (Wildman–Crippen MR) is 86.6 cm³/mol. The molecule has 0 fully saturated rings. The number of rotatable bonds is 3. The number of amides is 1. The lowest BCUT2D eigenvalue weighted by Gasteiger charge is -2.14. The molecular weight excluding hydrogens is 359 g/mol. The quantitative estimate of drug-likeness (QED) is 0.790. The van der Waals surface area contributed by atoms with Crippen molar-refractivity contribution < 1.29 is 9.18 Å². The van der Waals surface area contributed by atoms with Crippen molar-refractivity contribution >= 4 is 39.1 Å². The fourth-order valence-electron chi connectivity index (χ4n) is 2.02. The molecule has 0 saturated heterocycles. The van der Waals surface area contributed by atoms with Crippen LogP contribution in [0.15, 0.2) is 28.9 Å². The Hall–Kier alpha value is -1.33. The van der Waals surface area contributed by atoms with Crippen LogP contribution in [-0.4, -0.2) is 10.5 Å². The summed E-state index contributed by atoms with van der Waals surface area (Å²) < 4.78 is 15.5. The molecule has 1 N–H and O–H groups in total. The van der Waals surface area contributed by atoms with Gasteiger partial charge in [-0.25, -0.2) is 4.39 Å². The van der Waals surface area contributed by atoms with Gasteiger partial charge in [0.05, 0.1) is 9.50 Å². The Kier molecular flexibility index (Phi) is 4.74. The molecule has 2 rings (SSSR count). The number of carbonyl (C=O) groups is 1. The van der Waals surface area contributed by atoms with Crippen LogP contribution >= 0.6 is 27.5 Å². The molecule has 0 saturated carbocycles. The number of aryl methyl sites for hydroxylation is 1. The Labute approximate surface area is 136 Å². The maximum Gasteiger partial charge on any atom is 0.272 e. The van der Waals surface area contributed by atoms with Crippen molar-refractivity contribution in [3.63, 3.8) is 0 Å². The summed E-state index contributed by atoms with van der Waals surface area (Å²) in [5.41, 5.74) is 1.67. The number of aromatic nitrogens is 1. The van der Waals surface area contributed by atoms with Gasteiger partial charge < -0.3 is 9.88 Å². The summed E-state index contributed by atoms with van der Waals surface area (Å²) in [5.74, 6) is -0.642. The van der Waals surface area contributed by atoms with E-state index in [9.17, 15) is 9.18 Å². The molecule has 0 unspecified atom stereocenters. The highest BCUT2D eigenvalue weighted by Gasteiger charge is 2.16. The Bertz CT molecular complexity index is 697. The van der Waals surface area contributed by atoms with E-state index in [1.807, 2.05) is 13.8 Å². The molecule has 3 nitrogen and oxygen atoms in total. The van der Waals surface area contributed by atoms with E-state index in [0.717, 1.165) is 0 Å². The van der Waals surface area contributed by atoms with Crippen LogP contribution in [-0.2, 0) is 0 Å². The average Bonchev–Trinajstić information content (AvgIpc) is 2.78. The van der Waals surface area contributed by atoms with Gasteiger partial charge in [-0.1, -0.05) is 11.6 Å². The summed E-state index contributed by atoms with van der Waals surface area (Å²) >= 11 is 9.09. The number of halogens is 3. The lowest BCUT2D eigenvalue weighted by molar-refractivity contribution is 0.101. The van der Waals surface area contributed by atoms with Crippen LogP contribution in [0, 0.1) is 12.7 Å². The molecule has 0 atom stereocenters. The molecule has 0 aliphatic heterocycles. The number of nitrogens with zero attached hydrogens (tertiary/aromatic N) is 1. The monoisotopic (exact) mass is 372 g/mol. The van der Waals surface area contributed by atoms with Crippen LogP contribution in [0.3, 0.4) is 0 Å². The Morgan fingerprint density at radius 2 is 2.05 bits per heavy atom. The maximum absolute atomic E-state index is 13.4. The zero-order valence-electron chi connectivity index (χ0n) is 11.9. The van der Waals surface area contributed by atoms with Gasteiger partial charge in [-0.2, -0.15) is 0 Å². The van der Waals surface area contributed by atoms with Crippen LogP contribution in [0.2, 0.25) is 5.02 Å². The van der Waals surface area contributed by atoms with E-state index in [4.69, 9.17) is 11.6 Å². The number of anilines is 1. The molecule has 0 aliphatic carbocycles. The smallest absolute Gasteiger partial charge is 0.272 e. The van der Waals surface area contributed by atoms with Gasteiger partial charge in [-0.05, 0) is 60.5 Å². The molecule has 0 radical (unpaired) electrons. The van der Waals surface area contributed by atoms with Gasteiger partial charge in [-0.3, -0.25) is 4.79 Å². The predicted octanol–water partition coefficient (Wildman–Crippen LogP) is 5.18. The molecular formula is C15H15BrClFN2O. The Balaban J connectivity index is 2.33. The van der Waals surface area contributed by atoms with Gasteiger partial charge in [0.1, 0.15) is 11.5 Å². The number of carbonyl (C=O) groups excluding carboxylic acids is 1. The lowest BCUT2D eigenvalue weighted by Crippen LogP contribution is -2.18. The van der Waals surface area contributed by atoms with Crippen LogP contribution in [0.5, 0.6) is 0 Å². The second kappa shape index (κ2) is 6.20. The number of hydrogen-bond acceptors (Lipinski definition) is 1. The normalized spacial score (nSPS) is 11.0. The van der Waals surface area contributed by atoms with E-state index in [1.165, 1.54) is 6.07 Å². The summed E-state index contributed by atoms with van der Waals surface area (Å²) in [6, 6.07) is 4.64. The first kappa shape index (κ1) is 16.0. The minimum atomic E-state index is -0.362. The van der Waals surface area contributed by atoms with Gasteiger partial charge in [-0.15, -0.1) is 0 Å². The molecule has 2 aromatic rings. The van der Waals surface area contributed by atoms with Crippen molar-refractivity contribution in [2.75, 3.05) is 5.32 Å².